The number of benzene rings is 1. The highest BCUT2D eigenvalue weighted by atomic mass is 79.9. The number of alkyl halides is 1. The lowest BCUT2D eigenvalue weighted by Crippen LogP contribution is -2.30. The minimum absolute atomic E-state index is 0.0735. The van der Waals surface area contributed by atoms with Gasteiger partial charge in [-0.05, 0) is 22.9 Å². The van der Waals surface area contributed by atoms with Gasteiger partial charge in [-0.1, -0.05) is 30.3 Å². The fraction of sp³-hybridized carbons (Fsp3) is 0.300. The summed E-state index contributed by atoms with van der Waals surface area (Å²) in [4.78, 5) is 11.7. The molecule has 0 aliphatic rings. The topological polar surface area (TPSA) is 26.3 Å². The van der Waals surface area contributed by atoms with Crippen molar-refractivity contribution in [1.82, 2.24) is 0 Å². The maximum absolute atomic E-state index is 11.7. The number of rotatable bonds is 3. The molecule has 1 atom stereocenters. The van der Waals surface area contributed by atoms with Crippen LogP contribution in [0.1, 0.15) is 17.3 Å². The van der Waals surface area contributed by atoms with Crippen LogP contribution in [-0.2, 0) is 4.74 Å². The molecule has 1 aromatic rings. The number of halogens is 1. The third-order valence-corrected chi connectivity index (χ3v) is 2.51. The van der Waals surface area contributed by atoms with E-state index in [4.69, 9.17) is 4.74 Å². The lowest BCUT2D eigenvalue weighted by molar-refractivity contribution is 0.0569. The number of Topliss-reactive ketones (excluding diaryl/α,β-unsaturated/α-hetero) is 1. The lowest BCUT2D eigenvalue weighted by Gasteiger charge is -2.18. The molecule has 70 valence electrons. The highest BCUT2D eigenvalue weighted by Gasteiger charge is 2.29. The number of methoxy groups -OCH3 is 1. The van der Waals surface area contributed by atoms with Crippen LogP contribution in [0.15, 0.2) is 30.3 Å². The van der Waals surface area contributed by atoms with Crippen molar-refractivity contribution >= 4 is 21.7 Å². The van der Waals surface area contributed by atoms with Crippen LogP contribution in [0.25, 0.3) is 0 Å². The monoisotopic (exact) mass is 242 g/mol. The third-order valence-electron chi connectivity index (χ3n) is 1.82. The highest BCUT2D eigenvalue weighted by molar-refractivity contribution is 9.10. The molecule has 0 heterocycles. The van der Waals surface area contributed by atoms with Gasteiger partial charge in [0.2, 0.25) is 5.78 Å². The molecule has 0 radical (unpaired) electrons. The Morgan fingerprint density at radius 3 is 2.38 bits per heavy atom. The number of hydrogen-bond acceptors (Lipinski definition) is 2. The van der Waals surface area contributed by atoms with Crippen molar-refractivity contribution in [1.29, 1.82) is 0 Å². The molecule has 0 aromatic heterocycles. The molecular weight excluding hydrogens is 232 g/mol. The van der Waals surface area contributed by atoms with Crippen LogP contribution in [-0.4, -0.2) is 17.4 Å². The molecule has 0 N–H and O–H groups in total. The molecule has 1 unspecified atom stereocenters. The molecule has 0 bridgehead atoms. The van der Waals surface area contributed by atoms with Crippen molar-refractivity contribution in [3.63, 3.8) is 0 Å². The summed E-state index contributed by atoms with van der Waals surface area (Å²) in [6.07, 6.45) is 0. The van der Waals surface area contributed by atoms with Crippen LogP contribution in [0.4, 0.5) is 0 Å². The summed E-state index contributed by atoms with van der Waals surface area (Å²) in [5.41, 5.74) is 0.642. The molecule has 13 heavy (non-hydrogen) atoms. The van der Waals surface area contributed by atoms with E-state index in [-0.39, 0.29) is 5.78 Å². The minimum Gasteiger partial charge on any atom is -0.359 e. The van der Waals surface area contributed by atoms with Gasteiger partial charge >= 0.3 is 0 Å². The van der Waals surface area contributed by atoms with E-state index in [0.29, 0.717) is 5.56 Å². The van der Waals surface area contributed by atoms with Crippen molar-refractivity contribution < 1.29 is 9.53 Å². The van der Waals surface area contributed by atoms with E-state index in [0.717, 1.165) is 0 Å². The summed E-state index contributed by atoms with van der Waals surface area (Å²) in [6, 6.07) is 9.05. The molecule has 2 nitrogen and oxygen atoms in total. The van der Waals surface area contributed by atoms with Gasteiger partial charge < -0.3 is 4.74 Å². The molecule has 3 heteroatoms. The summed E-state index contributed by atoms with van der Waals surface area (Å²) >= 11 is 3.21. The van der Waals surface area contributed by atoms with Crippen LogP contribution in [0, 0.1) is 0 Å². The zero-order valence-corrected chi connectivity index (χ0v) is 9.17. The maximum atomic E-state index is 11.7. The quantitative estimate of drug-likeness (QED) is 0.602. The van der Waals surface area contributed by atoms with Gasteiger partial charge in [-0.15, -0.1) is 0 Å². The number of hydrogen-bond donors (Lipinski definition) is 0. The van der Waals surface area contributed by atoms with E-state index < -0.39 is 4.51 Å². The average Bonchev–Trinajstić information content (AvgIpc) is 2.18. The second-order valence-electron chi connectivity index (χ2n) is 2.82. The van der Waals surface area contributed by atoms with Crippen LogP contribution in [0.3, 0.4) is 0 Å². The summed E-state index contributed by atoms with van der Waals surface area (Å²) in [7, 11) is 1.50. The molecule has 1 rings (SSSR count). The smallest absolute Gasteiger partial charge is 0.205 e. The molecule has 0 fully saturated rings. The van der Waals surface area contributed by atoms with Crippen LogP contribution < -0.4 is 0 Å². The maximum Gasteiger partial charge on any atom is 0.205 e. The van der Waals surface area contributed by atoms with Gasteiger partial charge in [-0.3, -0.25) is 4.79 Å². The molecule has 0 saturated carbocycles. The fourth-order valence-corrected chi connectivity index (χ4v) is 1.17. The number of ether oxygens (including phenoxy) is 1. The normalized spacial score (nSPS) is 15.0. The molecule has 0 aliphatic carbocycles. The summed E-state index contributed by atoms with van der Waals surface area (Å²) < 4.78 is 4.10. The van der Waals surface area contributed by atoms with Crippen LogP contribution in [0.5, 0.6) is 0 Å². The van der Waals surface area contributed by atoms with Gasteiger partial charge in [-0.25, -0.2) is 0 Å². The SMILES string of the molecule is COC(C)(Br)C(=O)c1ccccc1. The largest absolute Gasteiger partial charge is 0.359 e. The summed E-state index contributed by atoms with van der Waals surface area (Å²) in [6.45, 7) is 1.68. The van der Waals surface area contributed by atoms with Crippen molar-refractivity contribution in [2.24, 2.45) is 0 Å². The average molecular weight is 243 g/mol. The van der Waals surface area contributed by atoms with Crippen molar-refractivity contribution in [3.8, 4) is 0 Å². The molecule has 0 spiro atoms. The van der Waals surface area contributed by atoms with E-state index in [9.17, 15) is 4.79 Å². The Kier molecular flexibility index (Phi) is 3.22. The van der Waals surface area contributed by atoms with E-state index >= 15 is 0 Å². The second-order valence-corrected chi connectivity index (χ2v) is 4.33. The Balaban J connectivity index is 2.93. The van der Waals surface area contributed by atoms with Gasteiger partial charge in [0.15, 0.2) is 4.51 Å². The Hall–Kier alpha value is -0.670. The van der Waals surface area contributed by atoms with Gasteiger partial charge in [0, 0.05) is 12.7 Å². The van der Waals surface area contributed by atoms with E-state index in [1.165, 1.54) is 7.11 Å². The zero-order valence-electron chi connectivity index (χ0n) is 7.58. The predicted octanol–water partition coefficient (Wildman–Crippen LogP) is 2.63. The lowest BCUT2D eigenvalue weighted by atomic mass is 10.1. The van der Waals surface area contributed by atoms with Gasteiger partial charge in [0.1, 0.15) is 0 Å². The van der Waals surface area contributed by atoms with Crippen molar-refractivity contribution in [2.75, 3.05) is 7.11 Å². The summed E-state index contributed by atoms with van der Waals surface area (Å²) in [5.74, 6) is -0.0735. The summed E-state index contributed by atoms with van der Waals surface area (Å²) in [5, 5.41) is 0. The van der Waals surface area contributed by atoms with Gasteiger partial charge in [0.25, 0.3) is 0 Å². The third kappa shape index (κ3) is 2.39. The molecule has 0 amide bonds. The number of carbonyl (C=O) groups excluding carboxylic acids is 1. The number of carbonyl (C=O) groups is 1. The minimum atomic E-state index is -0.922. The van der Waals surface area contributed by atoms with Gasteiger partial charge in [-0.2, -0.15) is 0 Å². The fourth-order valence-electron chi connectivity index (χ4n) is 0.940. The molecule has 0 saturated heterocycles. The second kappa shape index (κ2) is 4.03. The molecule has 1 aromatic carbocycles. The Morgan fingerprint density at radius 1 is 1.38 bits per heavy atom. The van der Waals surface area contributed by atoms with Crippen molar-refractivity contribution in [2.45, 2.75) is 11.4 Å². The first kappa shape index (κ1) is 10.4. The zero-order chi connectivity index (χ0) is 9.90. The van der Waals surface area contributed by atoms with Gasteiger partial charge in [0.05, 0.1) is 0 Å². The van der Waals surface area contributed by atoms with E-state index in [1.807, 2.05) is 18.2 Å². The highest BCUT2D eigenvalue weighted by Crippen LogP contribution is 2.23. The first-order valence-electron chi connectivity index (χ1n) is 3.92. The van der Waals surface area contributed by atoms with Crippen LogP contribution in [0.2, 0.25) is 0 Å². The van der Waals surface area contributed by atoms with E-state index in [1.54, 1.807) is 19.1 Å². The van der Waals surface area contributed by atoms with Crippen LogP contribution >= 0.6 is 15.9 Å². The Morgan fingerprint density at radius 2 is 1.92 bits per heavy atom. The standard InChI is InChI=1S/C10H11BrO2/c1-10(11,13-2)9(12)8-6-4-3-5-7-8/h3-7H,1-2H3. The number of ketones is 1. The predicted molar refractivity (Wildman–Crippen MR) is 55.1 cm³/mol. The molecular formula is C10H11BrO2. The van der Waals surface area contributed by atoms with Crippen molar-refractivity contribution in [3.05, 3.63) is 35.9 Å². The Bertz CT molecular complexity index is 293. The first-order chi connectivity index (χ1) is 6.08. The Labute approximate surface area is 86.0 Å². The first-order valence-corrected chi connectivity index (χ1v) is 4.71. The van der Waals surface area contributed by atoms with E-state index in [2.05, 4.69) is 15.9 Å². The molecule has 0 aliphatic heterocycles.